The molecule has 3 aromatic rings. The van der Waals surface area contributed by atoms with Gasteiger partial charge in [-0.25, -0.2) is 9.97 Å². The van der Waals surface area contributed by atoms with Crippen LogP contribution in [0.5, 0.6) is 5.88 Å². The van der Waals surface area contributed by atoms with E-state index in [9.17, 15) is 0 Å². The highest BCUT2D eigenvalue weighted by Gasteiger charge is 2.38. The summed E-state index contributed by atoms with van der Waals surface area (Å²) in [5, 5.41) is 19.0. The van der Waals surface area contributed by atoms with Crippen molar-refractivity contribution >= 4 is 18.2 Å². The average molecular weight is 429 g/mol. The smallest absolute Gasteiger partial charge is 0.241 e. The summed E-state index contributed by atoms with van der Waals surface area (Å²) in [5.41, 5.74) is 2.72. The molecule has 0 aromatic carbocycles. The van der Waals surface area contributed by atoms with Crippen molar-refractivity contribution in [2.24, 2.45) is 0 Å². The molecule has 0 aliphatic carbocycles. The summed E-state index contributed by atoms with van der Waals surface area (Å²) in [6.45, 7) is 0. The van der Waals surface area contributed by atoms with Crippen LogP contribution in [-0.4, -0.2) is 67.5 Å². The van der Waals surface area contributed by atoms with E-state index in [4.69, 9.17) is 4.74 Å². The number of aromatic nitrogens is 6. The van der Waals surface area contributed by atoms with Crippen molar-refractivity contribution in [3.8, 4) is 28.5 Å². The number of aromatic amines is 1. The highest BCUT2D eigenvalue weighted by Crippen LogP contribution is 2.35. The third-order valence-electron chi connectivity index (χ3n) is 6.08. The van der Waals surface area contributed by atoms with Crippen LogP contribution in [0.25, 0.3) is 22.6 Å². The molecule has 0 amide bonds. The first-order chi connectivity index (χ1) is 14.2. The molecule has 2 aliphatic rings. The Morgan fingerprint density at radius 2 is 1.90 bits per heavy atom. The fourth-order valence-electron chi connectivity index (χ4n) is 4.50. The van der Waals surface area contributed by atoms with Gasteiger partial charge in [-0.2, -0.15) is 5.10 Å². The molecular weight excluding hydrogens is 404 g/mol. The van der Waals surface area contributed by atoms with Crippen LogP contribution in [0.15, 0.2) is 30.7 Å². The minimum absolute atomic E-state index is 0. The Bertz CT molecular complexity index is 967. The number of halogens is 1. The second kappa shape index (κ2) is 8.53. The van der Waals surface area contributed by atoms with E-state index in [1.807, 2.05) is 12.1 Å². The zero-order chi connectivity index (χ0) is 19.8. The standard InChI is InChI=1S/C20H24N8O.ClH/c1-28-14-3-4-15(28)8-13(7-14)24-18-6-5-16(26-27-18)17-11-21-19(20(25-17)29-2)12-9-22-23-10-12;/h5-6,9-11,13-15H,3-4,7-8H2,1-2H3,(H,22,23)(H,24,27);1H. The Hall–Kier alpha value is -2.78. The number of methoxy groups -OCH3 is 1. The molecule has 2 atom stereocenters. The summed E-state index contributed by atoms with van der Waals surface area (Å²) in [4.78, 5) is 11.6. The predicted molar refractivity (Wildman–Crippen MR) is 116 cm³/mol. The fourth-order valence-corrected chi connectivity index (χ4v) is 4.50. The Morgan fingerprint density at radius 3 is 2.53 bits per heavy atom. The van der Waals surface area contributed by atoms with Gasteiger partial charge in [-0.15, -0.1) is 22.6 Å². The first-order valence-electron chi connectivity index (χ1n) is 9.94. The summed E-state index contributed by atoms with van der Waals surface area (Å²) < 4.78 is 5.41. The minimum atomic E-state index is 0. The monoisotopic (exact) mass is 428 g/mol. The summed E-state index contributed by atoms with van der Waals surface area (Å²) >= 11 is 0. The highest BCUT2D eigenvalue weighted by atomic mass is 35.5. The highest BCUT2D eigenvalue weighted by molar-refractivity contribution is 5.85. The van der Waals surface area contributed by atoms with E-state index in [1.54, 1.807) is 25.7 Å². The van der Waals surface area contributed by atoms with Crippen LogP contribution in [-0.2, 0) is 0 Å². The molecule has 30 heavy (non-hydrogen) atoms. The first kappa shape index (κ1) is 20.5. The van der Waals surface area contributed by atoms with Gasteiger partial charge in [0.15, 0.2) is 0 Å². The van der Waals surface area contributed by atoms with Crippen LogP contribution in [0.1, 0.15) is 25.7 Å². The summed E-state index contributed by atoms with van der Waals surface area (Å²) in [6, 6.07) is 5.71. The van der Waals surface area contributed by atoms with Crippen molar-refractivity contribution in [1.82, 2.24) is 35.3 Å². The normalized spacial score (nSPS) is 23.1. The largest absolute Gasteiger partial charge is 0.479 e. The van der Waals surface area contributed by atoms with Crippen molar-refractivity contribution in [3.05, 3.63) is 30.7 Å². The molecule has 0 radical (unpaired) electrons. The van der Waals surface area contributed by atoms with Crippen molar-refractivity contribution in [3.63, 3.8) is 0 Å². The lowest BCUT2D eigenvalue weighted by atomic mass is 9.98. The molecule has 158 valence electrons. The second-order valence-corrected chi connectivity index (χ2v) is 7.77. The third kappa shape index (κ3) is 3.82. The molecule has 3 aromatic heterocycles. The number of hydrogen-bond acceptors (Lipinski definition) is 8. The molecule has 2 bridgehead atoms. The molecule has 5 heterocycles. The lowest BCUT2D eigenvalue weighted by Crippen LogP contribution is -2.44. The van der Waals surface area contributed by atoms with Crippen LogP contribution < -0.4 is 10.1 Å². The molecule has 0 saturated carbocycles. The first-order valence-corrected chi connectivity index (χ1v) is 9.94. The number of fused-ring (bicyclic) bond motifs is 2. The molecular formula is C20H25ClN8O. The van der Waals surface area contributed by atoms with Gasteiger partial charge in [-0.1, -0.05) is 0 Å². The number of nitrogens with one attached hydrogen (secondary N) is 2. The Balaban J connectivity index is 0.00000218. The van der Waals surface area contributed by atoms with Gasteiger partial charge in [-0.3, -0.25) is 5.10 Å². The lowest BCUT2D eigenvalue weighted by Gasteiger charge is -2.36. The molecule has 2 N–H and O–H groups in total. The van der Waals surface area contributed by atoms with Gasteiger partial charge in [0.2, 0.25) is 5.88 Å². The van der Waals surface area contributed by atoms with E-state index in [0.717, 1.165) is 24.2 Å². The zero-order valence-electron chi connectivity index (χ0n) is 16.9. The number of H-pyrrole nitrogens is 1. The van der Waals surface area contributed by atoms with Gasteiger partial charge in [0.1, 0.15) is 22.9 Å². The number of ether oxygens (including phenoxy) is 1. The quantitative estimate of drug-likeness (QED) is 0.639. The van der Waals surface area contributed by atoms with Crippen LogP contribution in [0.3, 0.4) is 0 Å². The number of nitrogens with zero attached hydrogens (tertiary/aromatic N) is 6. The van der Waals surface area contributed by atoms with E-state index < -0.39 is 0 Å². The van der Waals surface area contributed by atoms with Gasteiger partial charge in [0, 0.05) is 29.9 Å². The van der Waals surface area contributed by atoms with E-state index >= 15 is 0 Å². The number of anilines is 1. The van der Waals surface area contributed by atoms with Crippen LogP contribution in [0, 0.1) is 0 Å². The topological polar surface area (TPSA) is 105 Å². The van der Waals surface area contributed by atoms with E-state index in [-0.39, 0.29) is 12.4 Å². The SMILES string of the molecule is COc1nc(-c2ccc(NC3CC4CCC(C3)N4C)nn2)cnc1-c1cn[nH]c1.Cl. The maximum Gasteiger partial charge on any atom is 0.241 e. The summed E-state index contributed by atoms with van der Waals surface area (Å²) in [6.07, 6.45) is 10.0. The van der Waals surface area contributed by atoms with Gasteiger partial charge < -0.3 is 15.0 Å². The summed E-state index contributed by atoms with van der Waals surface area (Å²) in [7, 11) is 3.82. The predicted octanol–water partition coefficient (Wildman–Crippen LogP) is 2.79. The lowest BCUT2D eigenvalue weighted by molar-refractivity contribution is 0.168. The summed E-state index contributed by atoms with van der Waals surface area (Å²) in [5.74, 6) is 1.23. The Morgan fingerprint density at radius 1 is 1.10 bits per heavy atom. The number of hydrogen-bond donors (Lipinski definition) is 2. The molecule has 9 nitrogen and oxygen atoms in total. The van der Waals surface area contributed by atoms with Gasteiger partial charge in [0.25, 0.3) is 0 Å². The molecule has 2 unspecified atom stereocenters. The molecule has 2 saturated heterocycles. The number of piperidine rings is 1. The van der Waals surface area contributed by atoms with Gasteiger partial charge >= 0.3 is 0 Å². The van der Waals surface area contributed by atoms with E-state index in [0.29, 0.717) is 41.1 Å². The third-order valence-corrected chi connectivity index (χ3v) is 6.08. The fraction of sp³-hybridized carbons (Fsp3) is 0.450. The maximum atomic E-state index is 5.41. The zero-order valence-corrected chi connectivity index (χ0v) is 17.8. The molecule has 2 aliphatic heterocycles. The molecule has 0 spiro atoms. The van der Waals surface area contributed by atoms with Crippen LogP contribution in [0.4, 0.5) is 5.82 Å². The van der Waals surface area contributed by atoms with Crippen molar-refractivity contribution in [1.29, 1.82) is 0 Å². The average Bonchev–Trinajstić information content (AvgIpc) is 3.34. The van der Waals surface area contributed by atoms with Crippen LogP contribution in [0.2, 0.25) is 0 Å². The van der Waals surface area contributed by atoms with E-state index in [1.165, 1.54) is 12.8 Å². The molecule has 2 fully saturated rings. The number of rotatable bonds is 5. The Kier molecular flexibility index (Phi) is 5.83. The van der Waals surface area contributed by atoms with Crippen LogP contribution >= 0.6 is 12.4 Å². The Labute approximate surface area is 181 Å². The van der Waals surface area contributed by atoms with Crippen molar-refractivity contribution in [2.75, 3.05) is 19.5 Å². The molecule has 10 heteroatoms. The van der Waals surface area contributed by atoms with E-state index in [2.05, 4.69) is 47.6 Å². The van der Waals surface area contributed by atoms with Crippen molar-refractivity contribution < 1.29 is 4.74 Å². The second-order valence-electron chi connectivity index (χ2n) is 7.77. The van der Waals surface area contributed by atoms with Crippen molar-refractivity contribution in [2.45, 2.75) is 43.8 Å². The van der Waals surface area contributed by atoms with Gasteiger partial charge in [-0.05, 0) is 44.9 Å². The van der Waals surface area contributed by atoms with Gasteiger partial charge in [0.05, 0.1) is 19.5 Å². The maximum absolute atomic E-state index is 5.41. The minimum Gasteiger partial charge on any atom is -0.479 e. The molecule has 5 rings (SSSR count).